The molecule has 0 aromatic carbocycles. The molecule has 0 aromatic heterocycles. The van der Waals surface area contributed by atoms with Crippen LogP contribution in [0.25, 0.3) is 0 Å². The van der Waals surface area contributed by atoms with Crippen LogP contribution in [-0.2, 0) is 14.3 Å². The van der Waals surface area contributed by atoms with Gasteiger partial charge in [0, 0.05) is 28.6 Å². The Hall–Kier alpha value is -1.38. The van der Waals surface area contributed by atoms with E-state index in [2.05, 4.69) is 6.92 Å². The predicted octanol–water partition coefficient (Wildman–Crippen LogP) is 2.10. The Bertz CT molecular complexity index is 1030. The van der Waals surface area contributed by atoms with E-state index in [0.29, 0.717) is 0 Å². The first-order valence-electron chi connectivity index (χ1n) is 13.1. The maximum atomic E-state index is 13.6. The maximum Gasteiger partial charge on any atom is 0.191 e. The first-order chi connectivity index (χ1) is 16.2. The number of ketones is 2. The molecule has 1 heterocycles. The molecule has 35 heavy (non-hydrogen) atoms. The molecule has 4 N–H and O–H groups in total. The van der Waals surface area contributed by atoms with Gasteiger partial charge in [0.2, 0.25) is 0 Å². The summed E-state index contributed by atoms with van der Waals surface area (Å²) in [5.74, 6) is -0.562. The van der Waals surface area contributed by atoms with Crippen molar-refractivity contribution in [2.75, 3.05) is 0 Å². The minimum Gasteiger partial charge on any atom is -0.392 e. The molecular formula is C28H40O7. The summed E-state index contributed by atoms with van der Waals surface area (Å²) < 4.78 is 5.88. The highest BCUT2D eigenvalue weighted by Crippen LogP contribution is 2.73. The number of aliphatic hydroxyl groups is 4. The summed E-state index contributed by atoms with van der Waals surface area (Å²) in [6.45, 7) is 11.7. The van der Waals surface area contributed by atoms with E-state index in [-0.39, 0.29) is 42.2 Å². The van der Waals surface area contributed by atoms with Gasteiger partial charge in [-0.2, -0.15) is 0 Å². The summed E-state index contributed by atoms with van der Waals surface area (Å²) in [4.78, 5) is 25.9. The molecule has 1 aliphatic heterocycles. The Kier molecular flexibility index (Phi) is 5.47. The summed E-state index contributed by atoms with van der Waals surface area (Å²) in [5.41, 5.74) is -1.52. The van der Waals surface area contributed by atoms with Gasteiger partial charge >= 0.3 is 0 Å². The molecule has 1 saturated heterocycles. The van der Waals surface area contributed by atoms with Gasteiger partial charge in [0.15, 0.2) is 11.4 Å². The smallest absolute Gasteiger partial charge is 0.191 e. The van der Waals surface area contributed by atoms with Crippen molar-refractivity contribution in [1.29, 1.82) is 0 Å². The van der Waals surface area contributed by atoms with Crippen molar-refractivity contribution in [2.45, 2.75) is 103 Å². The van der Waals surface area contributed by atoms with Crippen LogP contribution in [0.2, 0.25) is 0 Å². The number of carbonyl (C=O) groups is 2. The van der Waals surface area contributed by atoms with Crippen LogP contribution in [0.15, 0.2) is 23.3 Å². The number of allylic oxidation sites excluding steroid dienone is 1. The number of hydrogen-bond acceptors (Lipinski definition) is 7. The van der Waals surface area contributed by atoms with Crippen LogP contribution < -0.4 is 0 Å². The molecule has 4 aliphatic carbocycles. The number of rotatable bonds is 5. The molecule has 0 amide bonds. The first kappa shape index (κ1) is 25.3. The molecular weight excluding hydrogens is 448 g/mol. The molecule has 0 bridgehead atoms. The van der Waals surface area contributed by atoms with Gasteiger partial charge < -0.3 is 25.2 Å². The van der Waals surface area contributed by atoms with E-state index in [1.54, 1.807) is 6.08 Å². The minimum absolute atomic E-state index is 0.0254. The van der Waals surface area contributed by atoms with Crippen LogP contribution in [0, 0.1) is 34.0 Å². The van der Waals surface area contributed by atoms with E-state index in [0.717, 1.165) is 24.0 Å². The Morgan fingerprint density at radius 2 is 1.77 bits per heavy atom. The van der Waals surface area contributed by atoms with Crippen LogP contribution in [0.1, 0.15) is 67.2 Å². The van der Waals surface area contributed by atoms with E-state index >= 15 is 0 Å². The van der Waals surface area contributed by atoms with Gasteiger partial charge in [0.25, 0.3) is 0 Å². The van der Waals surface area contributed by atoms with Crippen molar-refractivity contribution in [1.82, 2.24) is 0 Å². The topological polar surface area (TPSA) is 128 Å². The molecule has 7 nitrogen and oxygen atoms in total. The second kappa shape index (κ2) is 7.57. The first-order valence-corrected chi connectivity index (χ1v) is 13.1. The van der Waals surface area contributed by atoms with Gasteiger partial charge in [-0.15, -0.1) is 0 Å². The van der Waals surface area contributed by atoms with Crippen molar-refractivity contribution < 1.29 is 34.8 Å². The van der Waals surface area contributed by atoms with Gasteiger partial charge in [0.1, 0.15) is 18.0 Å². The highest BCUT2D eigenvalue weighted by molar-refractivity contribution is 6.04. The monoisotopic (exact) mass is 488 g/mol. The number of aliphatic hydroxyl groups excluding tert-OH is 4. The zero-order valence-corrected chi connectivity index (χ0v) is 21.6. The lowest BCUT2D eigenvalue weighted by molar-refractivity contribution is -0.129. The predicted molar refractivity (Wildman–Crippen MR) is 128 cm³/mol. The maximum absolute atomic E-state index is 13.6. The summed E-state index contributed by atoms with van der Waals surface area (Å²) in [7, 11) is 0. The van der Waals surface area contributed by atoms with Crippen molar-refractivity contribution in [3.05, 3.63) is 23.3 Å². The zero-order valence-electron chi connectivity index (χ0n) is 21.6. The molecule has 11 atom stereocenters. The van der Waals surface area contributed by atoms with Crippen molar-refractivity contribution >= 4 is 11.6 Å². The summed E-state index contributed by atoms with van der Waals surface area (Å²) in [5, 5.41) is 43.7. The molecule has 3 fully saturated rings. The molecule has 194 valence electrons. The van der Waals surface area contributed by atoms with E-state index in [4.69, 9.17) is 4.74 Å². The molecule has 7 heteroatoms. The number of fused-ring (bicyclic) bond motifs is 4. The quantitative estimate of drug-likeness (QED) is 0.437. The summed E-state index contributed by atoms with van der Waals surface area (Å²) >= 11 is 0. The van der Waals surface area contributed by atoms with Crippen LogP contribution >= 0.6 is 0 Å². The Morgan fingerprint density at radius 1 is 1.11 bits per heavy atom. The number of epoxide rings is 1. The third-order valence-electron chi connectivity index (χ3n) is 11.1. The average molecular weight is 489 g/mol. The normalized spacial score (nSPS) is 49.8. The van der Waals surface area contributed by atoms with Crippen molar-refractivity contribution in [3.63, 3.8) is 0 Å². The fraction of sp³-hybridized carbons (Fsp3) is 0.786. The van der Waals surface area contributed by atoms with Crippen LogP contribution in [0.4, 0.5) is 0 Å². The second-order valence-corrected chi connectivity index (χ2v) is 12.8. The number of ether oxygens (including phenoxy) is 1. The average Bonchev–Trinajstić information content (AvgIpc) is 3.48. The highest BCUT2D eigenvalue weighted by atomic mass is 16.6. The van der Waals surface area contributed by atoms with E-state index in [9.17, 15) is 30.0 Å². The van der Waals surface area contributed by atoms with Crippen molar-refractivity contribution in [2.24, 2.45) is 34.0 Å². The van der Waals surface area contributed by atoms with Crippen LogP contribution in [0.5, 0.6) is 0 Å². The summed E-state index contributed by atoms with van der Waals surface area (Å²) in [6, 6.07) is 0. The lowest BCUT2D eigenvalue weighted by Crippen LogP contribution is -2.61. The number of Topliss-reactive ketones (excluding diaryl/α,β-unsaturated/α-hetero) is 1. The van der Waals surface area contributed by atoms with Gasteiger partial charge in [0.05, 0.1) is 18.3 Å². The minimum atomic E-state index is -1.19. The standard InChI is InChI=1S/C28H40O7/c1-13(2)18(29)11-19(30)14(3)15-7-8-25(4)16-10-22(33)28-24(35-28)23(34)20(31)12-26(28,5)17(16)9-21(32)27(15,25)6/h9-10,13-15,19-21,23-24,30-32,34H,7-8,11-12H2,1-6H3/t14-,15+,19-,20-,21+,23+,24-,25-,26+,27-,28-/m0/s1. The lowest BCUT2D eigenvalue weighted by atomic mass is 9.46. The van der Waals surface area contributed by atoms with Gasteiger partial charge in [-0.1, -0.05) is 47.6 Å². The molecule has 2 saturated carbocycles. The third-order valence-corrected chi connectivity index (χ3v) is 11.1. The fourth-order valence-electron chi connectivity index (χ4n) is 8.37. The molecule has 5 rings (SSSR count). The zero-order chi connectivity index (χ0) is 25.9. The van der Waals surface area contributed by atoms with E-state index < -0.39 is 52.4 Å². The largest absolute Gasteiger partial charge is 0.392 e. The Morgan fingerprint density at radius 3 is 2.40 bits per heavy atom. The van der Waals surface area contributed by atoms with E-state index in [1.807, 2.05) is 40.7 Å². The second-order valence-electron chi connectivity index (χ2n) is 12.8. The SMILES string of the molecule is CC(C)C(=O)C[C@H](O)[C@@H](C)[C@H]1CC[C@@]2(C)C3=CC(=O)[C@]45O[C@H]4[C@H](O)[C@@H](O)C[C@]5(C)C3=C[C@@H](O)[C@]12C. The molecule has 1 spiro atoms. The Labute approximate surface area is 207 Å². The van der Waals surface area contributed by atoms with Gasteiger partial charge in [-0.25, -0.2) is 0 Å². The van der Waals surface area contributed by atoms with Gasteiger partial charge in [-0.05, 0) is 48.3 Å². The number of carbonyl (C=O) groups excluding carboxylic acids is 2. The third kappa shape index (κ3) is 2.90. The summed E-state index contributed by atoms with van der Waals surface area (Å²) in [6.07, 6.45) is 0.745. The van der Waals surface area contributed by atoms with E-state index in [1.165, 1.54) is 0 Å². The molecule has 0 unspecified atom stereocenters. The van der Waals surface area contributed by atoms with Crippen LogP contribution in [-0.4, -0.2) is 68.1 Å². The van der Waals surface area contributed by atoms with Crippen LogP contribution in [0.3, 0.4) is 0 Å². The number of hydrogen-bond donors (Lipinski definition) is 4. The lowest BCUT2D eigenvalue weighted by Gasteiger charge is -2.58. The molecule has 0 radical (unpaired) electrons. The van der Waals surface area contributed by atoms with Crippen molar-refractivity contribution in [3.8, 4) is 0 Å². The Balaban J connectivity index is 1.55. The fourth-order valence-corrected chi connectivity index (χ4v) is 8.37. The molecule has 0 aromatic rings. The van der Waals surface area contributed by atoms with Gasteiger partial charge in [-0.3, -0.25) is 9.59 Å². The molecule has 5 aliphatic rings. The highest BCUT2D eigenvalue weighted by Gasteiger charge is 2.80.